The summed E-state index contributed by atoms with van der Waals surface area (Å²) < 4.78 is 5.76. The molecule has 0 aliphatic heterocycles. The molecular formula is C12H19NO. The number of hydrogen-bond acceptors (Lipinski definition) is 2. The van der Waals surface area contributed by atoms with Crippen LogP contribution in [-0.4, -0.2) is 13.2 Å². The van der Waals surface area contributed by atoms with Crippen LogP contribution in [0.5, 0.6) is 5.75 Å². The highest BCUT2D eigenvalue weighted by Gasteiger charge is 2.08. The first-order valence-corrected chi connectivity index (χ1v) is 5.00. The highest BCUT2D eigenvalue weighted by Crippen LogP contribution is 2.30. The summed E-state index contributed by atoms with van der Waals surface area (Å²) in [6, 6.07) is 4.24. The van der Waals surface area contributed by atoms with E-state index in [1.807, 2.05) is 20.9 Å². The van der Waals surface area contributed by atoms with Crippen LogP contribution in [-0.2, 0) is 0 Å². The Hall–Kier alpha value is -1.18. The molecule has 1 N–H and O–H groups in total. The van der Waals surface area contributed by atoms with Crippen molar-refractivity contribution in [3.8, 4) is 5.75 Å². The van der Waals surface area contributed by atoms with E-state index in [4.69, 9.17) is 4.74 Å². The fourth-order valence-corrected chi connectivity index (χ4v) is 1.53. The second-order valence-corrected chi connectivity index (χ2v) is 3.88. The zero-order chi connectivity index (χ0) is 10.7. The number of rotatable bonds is 3. The van der Waals surface area contributed by atoms with Crippen molar-refractivity contribution in [2.24, 2.45) is 0 Å². The average Bonchev–Trinajstić information content (AvgIpc) is 2.08. The van der Waals surface area contributed by atoms with Gasteiger partial charge in [-0.25, -0.2) is 0 Å². The fraction of sp³-hybridized carbons (Fsp3) is 0.500. The number of hydrogen-bond donors (Lipinski definition) is 1. The summed E-state index contributed by atoms with van der Waals surface area (Å²) in [6.45, 7) is 8.25. The van der Waals surface area contributed by atoms with Gasteiger partial charge in [-0.3, -0.25) is 0 Å². The topological polar surface area (TPSA) is 21.3 Å². The molecule has 0 saturated heterocycles. The van der Waals surface area contributed by atoms with E-state index in [2.05, 4.69) is 31.3 Å². The second kappa shape index (κ2) is 4.36. The molecule has 0 spiro atoms. The predicted octanol–water partition coefficient (Wildman–Crippen LogP) is 3.13. The van der Waals surface area contributed by atoms with E-state index in [0.717, 1.165) is 11.4 Å². The zero-order valence-corrected chi connectivity index (χ0v) is 9.64. The van der Waals surface area contributed by atoms with E-state index in [9.17, 15) is 0 Å². The number of nitrogens with one attached hydrogen (secondary N) is 1. The van der Waals surface area contributed by atoms with E-state index < -0.39 is 0 Å². The van der Waals surface area contributed by atoms with Gasteiger partial charge in [0.1, 0.15) is 5.75 Å². The van der Waals surface area contributed by atoms with Gasteiger partial charge in [0.25, 0.3) is 0 Å². The molecule has 1 aromatic rings. The van der Waals surface area contributed by atoms with Crippen molar-refractivity contribution >= 4 is 5.69 Å². The van der Waals surface area contributed by atoms with Crippen molar-refractivity contribution in [1.29, 1.82) is 0 Å². The summed E-state index contributed by atoms with van der Waals surface area (Å²) in [4.78, 5) is 0. The number of aryl methyl sites for hydroxylation is 2. The molecule has 1 aromatic carbocycles. The molecule has 1 rings (SSSR count). The van der Waals surface area contributed by atoms with Crippen molar-refractivity contribution in [2.75, 3.05) is 12.4 Å². The van der Waals surface area contributed by atoms with Gasteiger partial charge in [-0.2, -0.15) is 0 Å². The highest BCUT2D eigenvalue weighted by atomic mass is 16.5. The lowest BCUT2D eigenvalue weighted by atomic mass is 10.1. The molecule has 78 valence electrons. The molecule has 14 heavy (non-hydrogen) atoms. The first-order chi connectivity index (χ1) is 6.54. The SMILES string of the molecule is CNc1cc(C)cc(C)c1OC(C)C. The van der Waals surface area contributed by atoms with Crippen LogP contribution in [0.15, 0.2) is 12.1 Å². The molecule has 0 amide bonds. The Morgan fingerprint density at radius 3 is 2.36 bits per heavy atom. The first kappa shape index (κ1) is 10.9. The Labute approximate surface area is 86.3 Å². The molecule has 0 heterocycles. The molecule has 0 unspecified atom stereocenters. The third-order valence-electron chi connectivity index (χ3n) is 2.04. The van der Waals surface area contributed by atoms with Gasteiger partial charge in [0.15, 0.2) is 0 Å². The lowest BCUT2D eigenvalue weighted by molar-refractivity contribution is 0.242. The molecule has 0 aliphatic carbocycles. The van der Waals surface area contributed by atoms with Crippen LogP contribution in [0.3, 0.4) is 0 Å². The quantitative estimate of drug-likeness (QED) is 0.796. The summed E-state index contributed by atoms with van der Waals surface area (Å²) in [5, 5.41) is 3.16. The Balaban J connectivity index is 3.11. The fourth-order valence-electron chi connectivity index (χ4n) is 1.53. The van der Waals surface area contributed by atoms with Crippen LogP contribution in [0, 0.1) is 13.8 Å². The smallest absolute Gasteiger partial charge is 0.145 e. The maximum absolute atomic E-state index is 5.76. The maximum Gasteiger partial charge on any atom is 0.145 e. The number of ether oxygens (including phenoxy) is 1. The number of benzene rings is 1. The van der Waals surface area contributed by atoms with Crippen molar-refractivity contribution in [3.63, 3.8) is 0 Å². The lowest BCUT2D eigenvalue weighted by Crippen LogP contribution is -2.09. The second-order valence-electron chi connectivity index (χ2n) is 3.88. The molecule has 2 heteroatoms. The van der Waals surface area contributed by atoms with Gasteiger partial charge in [0.05, 0.1) is 11.8 Å². The monoisotopic (exact) mass is 193 g/mol. The Morgan fingerprint density at radius 2 is 1.86 bits per heavy atom. The van der Waals surface area contributed by atoms with Crippen LogP contribution in [0.25, 0.3) is 0 Å². The van der Waals surface area contributed by atoms with Gasteiger partial charge < -0.3 is 10.1 Å². The van der Waals surface area contributed by atoms with Crippen molar-refractivity contribution in [3.05, 3.63) is 23.3 Å². The molecule has 0 saturated carbocycles. The lowest BCUT2D eigenvalue weighted by Gasteiger charge is -2.17. The van der Waals surface area contributed by atoms with Gasteiger partial charge in [-0.05, 0) is 44.9 Å². The Bertz CT molecular complexity index is 318. The molecular weight excluding hydrogens is 174 g/mol. The van der Waals surface area contributed by atoms with E-state index >= 15 is 0 Å². The molecule has 0 radical (unpaired) electrons. The van der Waals surface area contributed by atoms with E-state index in [0.29, 0.717) is 0 Å². The van der Waals surface area contributed by atoms with E-state index in [-0.39, 0.29) is 6.10 Å². The number of anilines is 1. The minimum atomic E-state index is 0.212. The minimum absolute atomic E-state index is 0.212. The van der Waals surface area contributed by atoms with Gasteiger partial charge in [0.2, 0.25) is 0 Å². The third kappa shape index (κ3) is 2.41. The van der Waals surface area contributed by atoms with Gasteiger partial charge >= 0.3 is 0 Å². The zero-order valence-electron chi connectivity index (χ0n) is 9.64. The van der Waals surface area contributed by atoms with Gasteiger partial charge in [0, 0.05) is 7.05 Å². The molecule has 0 aliphatic rings. The van der Waals surface area contributed by atoms with Gasteiger partial charge in [-0.1, -0.05) is 6.07 Å². The van der Waals surface area contributed by atoms with E-state index in [1.54, 1.807) is 0 Å². The Kier molecular flexibility index (Phi) is 3.39. The summed E-state index contributed by atoms with van der Waals surface area (Å²) in [5.74, 6) is 0.966. The van der Waals surface area contributed by atoms with Crippen LogP contribution in [0.1, 0.15) is 25.0 Å². The summed E-state index contributed by atoms with van der Waals surface area (Å²) in [5.41, 5.74) is 3.50. The third-order valence-corrected chi connectivity index (χ3v) is 2.04. The molecule has 0 aromatic heterocycles. The minimum Gasteiger partial charge on any atom is -0.489 e. The summed E-state index contributed by atoms with van der Waals surface area (Å²) >= 11 is 0. The molecule has 0 atom stereocenters. The van der Waals surface area contributed by atoms with Crippen molar-refractivity contribution < 1.29 is 4.74 Å². The summed E-state index contributed by atoms with van der Waals surface area (Å²) in [7, 11) is 1.92. The normalized spacial score (nSPS) is 10.4. The molecule has 2 nitrogen and oxygen atoms in total. The van der Waals surface area contributed by atoms with Crippen LogP contribution in [0.4, 0.5) is 5.69 Å². The molecule has 0 fully saturated rings. The highest BCUT2D eigenvalue weighted by molar-refractivity contribution is 5.61. The van der Waals surface area contributed by atoms with Crippen LogP contribution >= 0.6 is 0 Å². The van der Waals surface area contributed by atoms with Crippen LogP contribution < -0.4 is 10.1 Å². The van der Waals surface area contributed by atoms with Crippen molar-refractivity contribution in [1.82, 2.24) is 0 Å². The largest absolute Gasteiger partial charge is 0.489 e. The van der Waals surface area contributed by atoms with E-state index in [1.165, 1.54) is 11.1 Å². The summed E-state index contributed by atoms with van der Waals surface area (Å²) in [6.07, 6.45) is 0.212. The van der Waals surface area contributed by atoms with Gasteiger partial charge in [-0.15, -0.1) is 0 Å². The first-order valence-electron chi connectivity index (χ1n) is 5.00. The Morgan fingerprint density at radius 1 is 1.21 bits per heavy atom. The van der Waals surface area contributed by atoms with Crippen LogP contribution in [0.2, 0.25) is 0 Å². The molecule has 0 bridgehead atoms. The van der Waals surface area contributed by atoms with Crippen molar-refractivity contribution in [2.45, 2.75) is 33.8 Å². The predicted molar refractivity (Wildman–Crippen MR) is 61.2 cm³/mol. The maximum atomic E-state index is 5.76. The standard InChI is InChI=1S/C12H19NO/c1-8(2)14-12-10(4)6-9(3)7-11(12)13-5/h6-8,13H,1-5H3. The average molecular weight is 193 g/mol.